The molecule has 0 aliphatic carbocycles. The summed E-state index contributed by atoms with van der Waals surface area (Å²) in [5, 5.41) is 14.1. The summed E-state index contributed by atoms with van der Waals surface area (Å²) in [4.78, 5) is 10.3. The normalized spacial score (nSPS) is 23.9. The van der Waals surface area contributed by atoms with Crippen molar-refractivity contribution in [2.45, 2.75) is 37.0 Å². The average molecular weight is 367 g/mol. The smallest absolute Gasteiger partial charge is 0.269 e. The molecule has 0 saturated carbocycles. The van der Waals surface area contributed by atoms with E-state index < -0.39 is 14.9 Å². The molecular formula is C17H25N3O4S. The number of non-ortho nitro benzene ring substituents is 1. The third-order valence-corrected chi connectivity index (χ3v) is 7.38. The van der Waals surface area contributed by atoms with Crippen LogP contribution in [0, 0.1) is 22.0 Å². The van der Waals surface area contributed by atoms with Crippen LogP contribution >= 0.6 is 0 Å². The maximum atomic E-state index is 12.8. The van der Waals surface area contributed by atoms with Gasteiger partial charge in [0.05, 0.1) is 9.82 Å². The van der Waals surface area contributed by atoms with Crippen LogP contribution in [0.1, 0.15) is 32.1 Å². The highest BCUT2D eigenvalue weighted by Gasteiger charge is 2.32. The minimum Gasteiger partial charge on any atom is -0.317 e. The Labute approximate surface area is 148 Å². The molecule has 1 atom stereocenters. The summed E-state index contributed by atoms with van der Waals surface area (Å²) in [5.74, 6) is 1.29. The van der Waals surface area contributed by atoms with Gasteiger partial charge in [0.15, 0.2) is 0 Å². The number of hydrogen-bond donors (Lipinski definition) is 1. The molecule has 2 fully saturated rings. The number of nitro benzene ring substituents is 1. The summed E-state index contributed by atoms with van der Waals surface area (Å²) in [6.45, 7) is 3.22. The number of rotatable bonds is 4. The largest absolute Gasteiger partial charge is 0.317 e. The van der Waals surface area contributed by atoms with E-state index in [0.29, 0.717) is 24.9 Å². The molecule has 2 saturated heterocycles. The van der Waals surface area contributed by atoms with Gasteiger partial charge in [0.1, 0.15) is 0 Å². The number of nitrogens with one attached hydrogen (secondary N) is 1. The van der Waals surface area contributed by atoms with Crippen LogP contribution in [0.3, 0.4) is 0 Å². The number of sulfonamides is 1. The number of nitrogens with zero attached hydrogens (tertiary/aromatic N) is 2. The van der Waals surface area contributed by atoms with E-state index in [0.717, 1.165) is 25.9 Å². The number of benzene rings is 1. The van der Waals surface area contributed by atoms with Crippen molar-refractivity contribution in [2.24, 2.45) is 11.8 Å². The third kappa shape index (κ3) is 4.19. The van der Waals surface area contributed by atoms with Crippen LogP contribution in [0.2, 0.25) is 0 Å². The fourth-order valence-electron chi connectivity index (χ4n) is 3.99. The lowest BCUT2D eigenvalue weighted by atomic mass is 9.81. The fourth-order valence-corrected chi connectivity index (χ4v) is 5.46. The molecule has 138 valence electrons. The Hall–Kier alpha value is -1.51. The summed E-state index contributed by atoms with van der Waals surface area (Å²) in [5.41, 5.74) is -0.0976. The van der Waals surface area contributed by atoms with Gasteiger partial charge in [-0.2, -0.15) is 4.31 Å². The van der Waals surface area contributed by atoms with E-state index in [9.17, 15) is 18.5 Å². The topological polar surface area (TPSA) is 92.5 Å². The monoisotopic (exact) mass is 367 g/mol. The van der Waals surface area contributed by atoms with Crippen LogP contribution in [0.4, 0.5) is 5.69 Å². The van der Waals surface area contributed by atoms with Gasteiger partial charge in [0.25, 0.3) is 5.69 Å². The molecule has 25 heavy (non-hydrogen) atoms. The molecule has 0 amide bonds. The molecule has 0 radical (unpaired) electrons. The Morgan fingerprint density at radius 3 is 2.28 bits per heavy atom. The van der Waals surface area contributed by atoms with Crippen LogP contribution in [-0.2, 0) is 10.0 Å². The minimum atomic E-state index is -3.57. The standard InChI is InChI=1S/C17H25N3O4S/c21-20(22)16-3-5-17(6-4-16)25(23,24)19-12-8-15(9-13-19)14-2-1-10-18-11-7-14/h3-6,14-15,18H,1-2,7-13H2. The molecule has 1 unspecified atom stereocenters. The molecule has 1 aromatic rings. The lowest BCUT2D eigenvalue weighted by Gasteiger charge is -2.35. The maximum absolute atomic E-state index is 12.8. The highest BCUT2D eigenvalue weighted by atomic mass is 32.2. The van der Waals surface area contributed by atoms with Crippen molar-refractivity contribution in [1.29, 1.82) is 0 Å². The molecule has 0 bridgehead atoms. The Bertz CT molecular complexity index is 689. The molecule has 1 aromatic carbocycles. The van der Waals surface area contributed by atoms with Crippen molar-refractivity contribution >= 4 is 15.7 Å². The van der Waals surface area contributed by atoms with Gasteiger partial charge in [0, 0.05) is 25.2 Å². The number of piperidine rings is 1. The average Bonchev–Trinajstić information content (AvgIpc) is 2.91. The van der Waals surface area contributed by atoms with Gasteiger partial charge in [0.2, 0.25) is 10.0 Å². The van der Waals surface area contributed by atoms with E-state index in [1.54, 1.807) is 0 Å². The first-order valence-corrected chi connectivity index (χ1v) is 10.4. The van der Waals surface area contributed by atoms with E-state index in [1.165, 1.54) is 47.8 Å². The Kier molecular flexibility index (Phi) is 5.71. The van der Waals surface area contributed by atoms with Gasteiger partial charge in [-0.05, 0) is 69.2 Å². The fraction of sp³-hybridized carbons (Fsp3) is 0.647. The molecule has 1 N–H and O–H groups in total. The predicted molar refractivity (Wildman–Crippen MR) is 94.8 cm³/mol. The van der Waals surface area contributed by atoms with E-state index >= 15 is 0 Å². The van der Waals surface area contributed by atoms with Crippen LogP contribution in [0.15, 0.2) is 29.2 Å². The first kappa shape index (κ1) is 18.3. The zero-order valence-electron chi connectivity index (χ0n) is 14.3. The first-order valence-electron chi connectivity index (χ1n) is 8.94. The first-order chi connectivity index (χ1) is 12.0. The Morgan fingerprint density at radius 2 is 1.64 bits per heavy atom. The lowest BCUT2D eigenvalue weighted by molar-refractivity contribution is -0.384. The highest BCUT2D eigenvalue weighted by Crippen LogP contribution is 2.33. The van der Waals surface area contributed by atoms with Crippen molar-refractivity contribution in [3.8, 4) is 0 Å². The summed E-state index contributed by atoms with van der Waals surface area (Å²) >= 11 is 0. The third-order valence-electron chi connectivity index (χ3n) is 5.47. The lowest BCUT2D eigenvalue weighted by Crippen LogP contribution is -2.40. The predicted octanol–water partition coefficient (Wildman–Crippen LogP) is 2.39. The molecule has 7 nitrogen and oxygen atoms in total. The summed E-state index contributed by atoms with van der Waals surface area (Å²) in [6.07, 6.45) is 5.41. The van der Waals surface area contributed by atoms with Crippen molar-refractivity contribution in [2.75, 3.05) is 26.2 Å². The van der Waals surface area contributed by atoms with Gasteiger partial charge in [-0.15, -0.1) is 0 Å². The van der Waals surface area contributed by atoms with Gasteiger partial charge in [-0.25, -0.2) is 8.42 Å². The number of nitro groups is 1. The molecule has 0 spiro atoms. The molecule has 2 heterocycles. The van der Waals surface area contributed by atoms with E-state index in [1.807, 2.05) is 0 Å². The molecular weight excluding hydrogens is 342 g/mol. The molecule has 3 rings (SSSR count). The summed E-state index contributed by atoms with van der Waals surface area (Å²) < 4.78 is 27.0. The number of hydrogen-bond acceptors (Lipinski definition) is 5. The van der Waals surface area contributed by atoms with Gasteiger partial charge in [-0.3, -0.25) is 10.1 Å². The van der Waals surface area contributed by atoms with Crippen LogP contribution in [-0.4, -0.2) is 43.8 Å². The van der Waals surface area contributed by atoms with Crippen LogP contribution in [0.25, 0.3) is 0 Å². The Morgan fingerprint density at radius 1 is 1.00 bits per heavy atom. The second-order valence-electron chi connectivity index (χ2n) is 6.93. The van der Waals surface area contributed by atoms with Crippen molar-refractivity contribution in [3.05, 3.63) is 34.4 Å². The second-order valence-corrected chi connectivity index (χ2v) is 8.87. The van der Waals surface area contributed by atoms with Crippen LogP contribution in [0.5, 0.6) is 0 Å². The quantitative estimate of drug-likeness (QED) is 0.651. The van der Waals surface area contributed by atoms with Gasteiger partial charge < -0.3 is 5.32 Å². The molecule has 0 aromatic heterocycles. The van der Waals surface area contributed by atoms with Crippen molar-refractivity contribution in [1.82, 2.24) is 9.62 Å². The SMILES string of the molecule is O=[N+]([O-])c1ccc(S(=O)(=O)N2CCC(C3CCCNCC3)CC2)cc1. The van der Waals surface area contributed by atoms with Gasteiger partial charge in [-0.1, -0.05) is 0 Å². The van der Waals surface area contributed by atoms with E-state index in [-0.39, 0.29) is 10.6 Å². The maximum Gasteiger partial charge on any atom is 0.269 e. The van der Waals surface area contributed by atoms with E-state index in [2.05, 4.69) is 5.32 Å². The zero-order valence-corrected chi connectivity index (χ0v) is 15.1. The Balaban J connectivity index is 1.63. The second kappa shape index (κ2) is 7.80. The van der Waals surface area contributed by atoms with Crippen molar-refractivity contribution < 1.29 is 13.3 Å². The summed E-state index contributed by atoms with van der Waals surface area (Å²) in [7, 11) is -3.57. The molecule has 2 aliphatic heterocycles. The van der Waals surface area contributed by atoms with Crippen molar-refractivity contribution in [3.63, 3.8) is 0 Å². The van der Waals surface area contributed by atoms with Crippen LogP contribution < -0.4 is 5.32 Å². The van der Waals surface area contributed by atoms with E-state index in [4.69, 9.17) is 0 Å². The zero-order chi connectivity index (χ0) is 17.9. The highest BCUT2D eigenvalue weighted by molar-refractivity contribution is 7.89. The minimum absolute atomic E-state index is 0.0976. The summed E-state index contributed by atoms with van der Waals surface area (Å²) in [6, 6.07) is 5.16. The molecule has 8 heteroatoms. The molecule has 2 aliphatic rings. The van der Waals surface area contributed by atoms with Gasteiger partial charge >= 0.3 is 0 Å².